The first-order chi connectivity index (χ1) is 14.0. The number of ketones is 1. The third-order valence-corrected chi connectivity index (χ3v) is 4.53. The molecule has 0 radical (unpaired) electrons. The number of rotatable bonds is 6. The van der Waals surface area contributed by atoms with Crippen LogP contribution in [0.25, 0.3) is 6.08 Å². The first kappa shape index (κ1) is 20.6. The summed E-state index contributed by atoms with van der Waals surface area (Å²) in [7, 11) is 1.47. The molecule has 0 saturated heterocycles. The minimum absolute atomic E-state index is 0.154. The number of allylic oxidation sites excluding steroid dienone is 1. The van der Waals surface area contributed by atoms with Crippen molar-refractivity contribution >= 4 is 41.0 Å². The molecule has 0 saturated carbocycles. The molecule has 0 atom stereocenters. The van der Waals surface area contributed by atoms with Gasteiger partial charge in [-0.15, -0.1) is 0 Å². The Morgan fingerprint density at radius 3 is 1.97 bits per heavy atom. The Labute approximate surface area is 178 Å². The number of halogens is 2. The number of carbonyl (C=O) groups is 2. The van der Waals surface area contributed by atoms with E-state index in [0.717, 1.165) is 5.56 Å². The van der Waals surface area contributed by atoms with Crippen molar-refractivity contribution in [1.29, 1.82) is 0 Å². The zero-order chi connectivity index (χ0) is 20.8. The molecule has 0 unspecified atom stereocenters. The molecule has 29 heavy (non-hydrogen) atoms. The number of ether oxygens (including phenoxy) is 2. The van der Waals surface area contributed by atoms with E-state index < -0.39 is 5.97 Å². The van der Waals surface area contributed by atoms with Crippen LogP contribution in [0.1, 0.15) is 26.3 Å². The Hall–Kier alpha value is -3.08. The van der Waals surface area contributed by atoms with Gasteiger partial charge in [0.2, 0.25) is 0 Å². The van der Waals surface area contributed by atoms with Crippen LogP contribution in [0, 0.1) is 0 Å². The minimum Gasteiger partial charge on any atom is -0.493 e. The van der Waals surface area contributed by atoms with Gasteiger partial charge in [-0.05, 0) is 72.3 Å². The molecule has 0 aliphatic heterocycles. The molecule has 0 bridgehead atoms. The Bertz CT molecular complexity index is 1060. The van der Waals surface area contributed by atoms with E-state index in [9.17, 15) is 9.59 Å². The highest BCUT2D eigenvalue weighted by Gasteiger charge is 2.13. The largest absolute Gasteiger partial charge is 0.493 e. The summed E-state index contributed by atoms with van der Waals surface area (Å²) in [6, 6.07) is 18.0. The molecule has 0 aliphatic rings. The third-order valence-electron chi connectivity index (χ3n) is 4.03. The zero-order valence-corrected chi connectivity index (χ0v) is 16.9. The van der Waals surface area contributed by atoms with Gasteiger partial charge in [0.15, 0.2) is 17.3 Å². The monoisotopic (exact) mass is 426 g/mol. The summed E-state index contributed by atoms with van der Waals surface area (Å²) in [5.41, 5.74) is 1.62. The second-order valence-electron chi connectivity index (χ2n) is 6.01. The fraction of sp³-hybridized carbons (Fsp3) is 0.0435. The predicted molar refractivity (Wildman–Crippen MR) is 114 cm³/mol. The van der Waals surface area contributed by atoms with Crippen LogP contribution in [0.4, 0.5) is 0 Å². The highest BCUT2D eigenvalue weighted by molar-refractivity contribution is 6.31. The first-order valence-corrected chi connectivity index (χ1v) is 9.35. The van der Waals surface area contributed by atoms with Crippen LogP contribution in [0.15, 0.2) is 72.8 Å². The van der Waals surface area contributed by atoms with Crippen molar-refractivity contribution < 1.29 is 19.1 Å². The van der Waals surface area contributed by atoms with Gasteiger partial charge >= 0.3 is 5.97 Å². The van der Waals surface area contributed by atoms with Gasteiger partial charge in [-0.25, -0.2) is 4.79 Å². The Morgan fingerprint density at radius 1 is 0.793 bits per heavy atom. The second kappa shape index (κ2) is 9.41. The smallest absolute Gasteiger partial charge is 0.343 e. The Morgan fingerprint density at radius 2 is 1.38 bits per heavy atom. The fourth-order valence-electron chi connectivity index (χ4n) is 2.50. The van der Waals surface area contributed by atoms with Crippen molar-refractivity contribution in [2.75, 3.05) is 7.11 Å². The van der Waals surface area contributed by atoms with Crippen LogP contribution in [-0.2, 0) is 0 Å². The van der Waals surface area contributed by atoms with Crippen LogP contribution in [0.5, 0.6) is 11.5 Å². The molecule has 146 valence electrons. The summed E-state index contributed by atoms with van der Waals surface area (Å²) in [5, 5.41) is 1.10. The van der Waals surface area contributed by atoms with Crippen molar-refractivity contribution in [3.05, 3.63) is 99.5 Å². The molecule has 0 N–H and O–H groups in total. The number of benzene rings is 3. The van der Waals surface area contributed by atoms with E-state index in [1.54, 1.807) is 72.8 Å². The minimum atomic E-state index is -0.527. The summed E-state index contributed by atoms with van der Waals surface area (Å²) >= 11 is 11.7. The van der Waals surface area contributed by atoms with Gasteiger partial charge in [-0.2, -0.15) is 0 Å². The summed E-state index contributed by atoms with van der Waals surface area (Å²) in [4.78, 5) is 24.5. The van der Waals surface area contributed by atoms with Crippen LogP contribution < -0.4 is 9.47 Å². The molecule has 0 spiro atoms. The number of esters is 1. The molecule has 0 amide bonds. The lowest BCUT2D eigenvalue weighted by Gasteiger charge is -2.10. The highest BCUT2D eigenvalue weighted by atomic mass is 35.5. The maximum Gasteiger partial charge on any atom is 0.343 e. The Kier molecular flexibility index (Phi) is 6.70. The number of methoxy groups -OCH3 is 1. The topological polar surface area (TPSA) is 52.6 Å². The number of hydrogen-bond donors (Lipinski definition) is 0. The van der Waals surface area contributed by atoms with Crippen molar-refractivity contribution in [2.45, 2.75) is 0 Å². The summed E-state index contributed by atoms with van der Waals surface area (Å²) < 4.78 is 10.7. The van der Waals surface area contributed by atoms with Gasteiger partial charge in [-0.3, -0.25) is 4.79 Å². The van der Waals surface area contributed by atoms with E-state index in [1.165, 1.54) is 13.2 Å². The molecule has 0 heterocycles. The van der Waals surface area contributed by atoms with Crippen LogP contribution in [-0.4, -0.2) is 18.9 Å². The molecule has 3 rings (SSSR count). The molecule has 3 aromatic carbocycles. The second-order valence-corrected chi connectivity index (χ2v) is 6.88. The molecular weight excluding hydrogens is 411 g/mol. The lowest BCUT2D eigenvalue weighted by atomic mass is 10.1. The van der Waals surface area contributed by atoms with E-state index in [1.807, 2.05) is 0 Å². The average Bonchev–Trinajstić information content (AvgIpc) is 2.73. The highest BCUT2D eigenvalue weighted by Crippen LogP contribution is 2.29. The summed E-state index contributed by atoms with van der Waals surface area (Å²) in [5.74, 6) is -0.0397. The summed E-state index contributed by atoms with van der Waals surface area (Å²) in [6.07, 6.45) is 3.11. The fourth-order valence-corrected chi connectivity index (χ4v) is 2.75. The average molecular weight is 427 g/mol. The number of hydrogen-bond acceptors (Lipinski definition) is 4. The Balaban J connectivity index is 1.74. The maximum atomic E-state index is 12.3. The molecule has 4 nitrogen and oxygen atoms in total. The van der Waals surface area contributed by atoms with E-state index in [2.05, 4.69) is 0 Å². The van der Waals surface area contributed by atoms with Crippen molar-refractivity contribution in [2.24, 2.45) is 0 Å². The van der Waals surface area contributed by atoms with Gasteiger partial charge in [0.05, 0.1) is 12.7 Å². The SMILES string of the molecule is COc1cc(C=CC(=O)c2ccc(Cl)cc2)ccc1OC(=O)c1ccc(Cl)cc1. The maximum absolute atomic E-state index is 12.3. The van der Waals surface area contributed by atoms with Gasteiger partial charge in [0.1, 0.15) is 0 Å². The van der Waals surface area contributed by atoms with Crippen LogP contribution in [0.3, 0.4) is 0 Å². The van der Waals surface area contributed by atoms with Crippen LogP contribution >= 0.6 is 23.2 Å². The van der Waals surface area contributed by atoms with Crippen molar-refractivity contribution in [3.8, 4) is 11.5 Å². The van der Waals surface area contributed by atoms with Crippen molar-refractivity contribution in [1.82, 2.24) is 0 Å². The lowest BCUT2D eigenvalue weighted by molar-refractivity contribution is 0.0729. The molecule has 0 fully saturated rings. The molecular formula is C23H16Cl2O4. The van der Waals surface area contributed by atoms with E-state index >= 15 is 0 Å². The molecule has 0 aromatic heterocycles. The molecule has 6 heteroatoms. The van der Waals surface area contributed by atoms with E-state index in [0.29, 0.717) is 26.9 Å². The predicted octanol–water partition coefficient (Wildman–Crippen LogP) is 6.12. The lowest BCUT2D eigenvalue weighted by Crippen LogP contribution is -2.09. The standard InChI is InChI=1S/C23H16Cl2O4/c1-28-22-14-15(2-12-20(26)16-4-8-18(24)9-5-16)3-13-21(22)29-23(27)17-6-10-19(25)11-7-17/h2-14H,1H3. The zero-order valence-electron chi connectivity index (χ0n) is 15.4. The van der Waals surface area contributed by atoms with E-state index in [-0.39, 0.29) is 11.5 Å². The van der Waals surface area contributed by atoms with Gasteiger partial charge in [0.25, 0.3) is 0 Å². The van der Waals surface area contributed by atoms with E-state index in [4.69, 9.17) is 32.7 Å². The first-order valence-electron chi connectivity index (χ1n) is 8.60. The third kappa shape index (κ3) is 5.47. The normalized spacial score (nSPS) is 10.7. The quantitative estimate of drug-likeness (QED) is 0.206. The molecule has 3 aromatic rings. The van der Waals surface area contributed by atoms with Crippen molar-refractivity contribution in [3.63, 3.8) is 0 Å². The van der Waals surface area contributed by atoms with Crippen LogP contribution in [0.2, 0.25) is 10.0 Å². The summed E-state index contributed by atoms with van der Waals surface area (Å²) in [6.45, 7) is 0. The van der Waals surface area contributed by atoms with Gasteiger partial charge in [0, 0.05) is 15.6 Å². The van der Waals surface area contributed by atoms with Gasteiger partial charge in [-0.1, -0.05) is 35.3 Å². The molecule has 0 aliphatic carbocycles. The van der Waals surface area contributed by atoms with Gasteiger partial charge < -0.3 is 9.47 Å². The number of carbonyl (C=O) groups excluding carboxylic acids is 2.